The first-order valence-corrected chi connectivity index (χ1v) is 3.68. The van der Waals surface area contributed by atoms with Gasteiger partial charge in [0, 0.05) is 20.1 Å². The molecule has 2 rings (SSSR count). The van der Waals surface area contributed by atoms with Gasteiger partial charge in [-0.3, -0.25) is 0 Å². The Kier molecular flexibility index (Phi) is 1.41. The zero-order chi connectivity index (χ0) is 8.72. The first-order chi connectivity index (χ1) is 5.70. The third kappa shape index (κ3) is 0.831. The summed E-state index contributed by atoms with van der Waals surface area (Å²) in [4.78, 5) is 14.6. The van der Waals surface area contributed by atoms with Crippen molar-refractivity contribution < 1.29 is 9.90 Å². The fourth-order valence-corrected chi connectivity index (χ4v) is 1.44. The topological polar surface area (TPSA) is 67.2 Å². The average Bonchev–Trinajstić information content (AvgIpc) is 2.53. The fraction of sp³-hybridized carbons (Fsp3) is 0.429. The van der Waals surface area contributed by atoms with Gasteiger partial charge in [-0.05, 0) is 0 Å². The Morgan fingerprint density at radius 1 is 1.67 bits per heavy atom. The van der Waals surface area contributed by atoms with Crippen molar-refractivity contribution in [3.05, 3.63) is 17.2 Å². The quantitative estimate of drug-likeness (QED) is 0.603. The number of imidazole rings is 1. The summed E-state index contributed by atoms with van der Waals surface area (Å²) in [6.45, 7) is 1.39. The molecule has 1 aromatic heterocycles. The summed E-state index contributed by atoms with van der Waals surface area (Å²) in [6, 6.07) is 0. The lowest BCUT2D eigenvalue weighted by molar-refractivity contribution is 0.0679. The highest BCUT2D eigenvalue weighted by atomic mass is 16.4. The normalized spacial score (nSPS) is 14.8. The first kappa shape index (κ1) is 7.30. The van der Waals surface area contributed by atoms with E-state index >= 15 is 0 Å². The minimum absolute atomic E-state index is 0.126. The van der Waals surface area contributed by atoms with E-state index in [1.807, 2.05) is 0 Å². The van der Waals surface area contributed by atoms with Crippen molar-refractivity contribution in [2.75, 3.05) is 0 Å². The van der Waals surface area contributed by atoms with Crippen molar-refractivity contribution in [3.8, 4) is 0 Å². The largest absolute Gasteiger partial charge is 0.475 e. The summed E-state index contributed by atoms with van der Waals surface area (Å²) in [5.41, 5.74) is 1.84. The maximum Gasteiger partial charge on any atom is 0.372 e. The number of nitrogens with one attached hydrogen (secondary N) is 1. The van der Waals surface area contributed by atoms with Gasteiger partial charge in [0.15, 0.2) is 0 Å². The maximum atomic E-state index is 10.6. The Morgan fingerprint density at radius 2 is 2.42 bits per heavy atom. The molecule has 1 aliphatic rings. The van der Waals surface area contributed by atoms with E-state index in [0.29, 0.717) is 13.1 Å². The number of carbonyl (C=O) groups is 1. The van der Waals surface area contributed by atoms with Crippen LogP contribution in [0, 0.1) is 0 Å². The van der Waals surface area contributed by atoms with Gasteiger partial charge in [-0.15, -0.1) is 0 Å². The van der Waals surface area contributed by atoms with Crippen molar-refractivity contribution in [1.29, 1.82) is 0 Å². The SMILES string of the molecule is Cn1c(C(=O)O)nc2c1CNC2. The molecule has 64 valence electrons. The molecule has 0 saturated carbocycles. The zero-order valence-corrected chi connectivity index (χ0v) is 6.66. The average molecular weight is 167 g/mol. The van der Waals surface area contributed by atoms with Gasteiger partial charge in [-0.2, -0.15) is 0 Å². The molecular formula is C7H9N3O2. The van der Waals surface area contributed by atoms with Crippen molar-refractivity contribution in [2.45, 2.75) is 13.1 Å². The van der Waals surface area contributed by atoms with Crippen LogP contribution in [0.4, 0.5) is 0 Å². The van der Waals surface area contributed by atoms with E-state index in [4.69, 9.17) is 5.11 Å². The minimum Gasteiger partial charge on any atom is -0.475 e. The summed E-state index contributed by atoms with van der Waals surface area (Å²) in [5, 5.41) is 11.8. The standard InChI is InChI=1S/C7H9N3O2/c1-10-5-3-8-2-4(5)9-6(10)7(11)12/h8H,2-3H2,1H3,(H,11,12). The van der Waals surface area contributed by atoms with Crippen LogP contribution in [0.15, 0.2) is 0 Å². The molecule has 0 atom stereocenters. The molecule has 12 heavy (non-hydrogen) atoms. The number of hydrogen-bond acceptors (Lipinski definition) is 3. The Labute approximate surface area is 69.0 Å². The highest BCUT2D eigenvalue weighted by Crippen LogP contribution is 2.15. The molecule has 0 amide bonds. The van der Waals surface area contributed by atoms with Crippen LogP contribution in [-0.4, -0.2) is 20.6 Å². The van der Waals surface area contributed by atoms with Crippen LogP contribution in [0.2, 0.25) is 0 Å². The number of carboxylic acids is 1. The Bertz CT molecular complexity index is 343. The van der Waals surface area contributed by atoms with E-state index in [1.54, 1.807) is 11.6 Å². The van der Waals surface area contributed by atoms with Gasteiger partial charge in [0.1, 0.15) is 0 Å². The molecule has 5 nitrogen and oxygen atoms in total. The van der Waals surface area contributed by atoms with Crippen LogP contribution in [0.1, 0.15) is 22.0 Å². The molecule has 0 fully saturated rings. The van der Waals surface area contributed by atoms with Crippen LogP contribution < -0.4 is 5.32 Å². The lowest BCUT2D eigenvalue weighted by Crippen LogP contribution is -2.11. The summed E-state index contributed by atoms with van der Waals surface area (Å²) in [6.07, 6.45) is 0. The molecule has 0 saturated heterocycles. The second kappa shape index (κ2) is 2.31. The predicted octanol–water partition coefficient (Wildman–Crippen LogP) is -0.278. The van der Waals surface area contributed by atoms with Gasteiger partial charge >= 0.3 is 5.97 Å². The number of fused-ring (bicyclic) bond motifs is 1. The molecule has 0 bridgehead atoms. The van der Waals surface area contributed by atoms with Gasteiger partial charge in [-0.25, -0.2) is 9.78 Å². The number of nitrogens with zero attached hydrogens (tertiary/aromatic N) is 2. The minimum atomic E-state index is -0.966. The smallest absolute Gasteiger partial charge is 0.372 e. The lowest BCUT2D eigenvalue weighted by Gasteiger charge is -1.98. The van der Waals surface area contributed by atoms with Crippen LogP contribution in [0.3, 0.4) is 0 Å². The maximum absolute atomic E-state index is 10.6. The van der Waals surface area contributed by atoms with Gasteiger partial charge in [0.05, 0.1) is 11.4 Å². The van der Waals surface area contributed by atoms with Crippen LogP contribution >= 0.6 is 0 Å². The van der Waals surface area contributed by atoms with E-state index in [-0.39, 0.29) is 5.82 Å². The number of carboxylic acid groups (broad SMARTS) is 1. The zero-order valence-electron chi connectivity index (χ0n) is 6.66. The molecule has 2 heterocycles. The third-order valence-corrected chi connectivity index (χ3v) is 2.07. The molecule has 0 aliphatic carbocycles. The lowest BCUT2D eigenvalue weighted by atomic mass is 10.4. The van der Waals surface area contributed by atoms with E-state index in [1.165, 1.54) is 0 Å². The number of aromatic carboxylic acids is 1. The van der Waals surface area contributed by atoms with Crippen LogP contribution in [0.5, 0.6) is 0 Å². The molecule has 1 aromatic rings. The third-order valence-electron chi connectivity index (χ3n) is 2.07. The summed E-state index contributed by atoms with van der Waals surface area (Å²) in [7, 11) is 1.72. The van der Waals surface area contributed by atoms with Crippen LogP contribution in [-0.2, 0) is 20.1 Å². The summed E-state index contributed by atoms with van der Waals surface area (Å²) < 4.78 is 1.62. The Balaban J connectivity index is 2.54. The molecule has 0 unspecified atom stereocenters. The van der Waals surface area contributed by atoms with E-state index in [2.05, 4.69) is 10.3 Å². The van der Waals surface area contributed by atoms with Gasteiger partial charge in [-0.1, -0.05) is 0 Å². The van der Waals surface area contributed by atoms with E-state index in [0.717, 1.165) is 11.4 Å². The number of aromatic nitrogens is 2. The molecule has 0 spiro atoms. The second-order valence-electron chi connectivity index (χ2n) is 2.80. The molecule has 0 radical (unpaired) electrons. The highest BCUT2D eigenvalue weighted by Gasteiger charge is 2.21. The van der Waals surface area contributed by atoms with Gasteiger partial charge in [0.2, 0.25) is 5.82 Å². The van der Waals surface area contributed by atoms with Crippen molar-refractivity contribution in [3.63, 3.8) is 0 Å². The first-order valence-electron chi connectivity index (χ1n) is 3.68. The monoisotopic (exact) mass is 167 g/mol. The van der Waals surface area contributed by atoms with Crippen molar-refractivity contribution >= 4 is 5.97 Å². The van der Waals surface area contributed by atoms with E-state index < -0.39 is 5.97 Å². The molecule has 1 aliphatic heterocycles. The van der Waals surface area contributed by atoms with Crippen LogP contribution in [0.25, 0.3) is 0 Å². The Morgan fingerprint density at radius 3 is 3.00 bits per heavy atom. The van der Waals surface area contributed by atoms with E-state index in [9.17, 15) is 4.79 Å². The molecular weight excluding hydrogens is 158 g/mol. The second-order valence-corrected chi connectivity index (χ2v) is 2.80. The summed E-state index contributed by atoms with van der Waals surface area (Å²) >= 11 is 0. The fourth-order valence-electron chi connectivity index (χ4n) is 1.44. The van der Waals surface area contributed by atoms with Crippen molar-refractivity contribution in [1.82, 2.24) is 14.9 Å². The molecule has 5 heteroatoms. The van der Waals surface area contributed by atoms with Gasteiger partial charge < -0.3 is 15.0 Å². The van der Waals surface area contributed by atoms with Crippen molar-refractivity contribution in [2.24, 2.45) is 7.05 Å². The number of hydrogen-bond donors (Lipinski definition) is 2. The highest BCUT2D eigenvalue weighted by molar-refractivity contribution is 5.83. The summed E-state index contributed by atoms with van der Waals surface area (Å²) in [5.74, 6) is -0.839. The Hall–Kier alpha value is -1.36. The van der Waals surface area contributed by atoms with Gasteiger partial charge in [0.25, 0.3) is 0 Å². The molecule has 0 aromatic carbocycles. The number of rotatable bonds is 1. The molecule has 2 N–H and O–H groups in total. The predicted molar refractivity (Wildman–Crippen MR) is 40.7 cm³/mol.